The highest BCUT2D eigenvalue weighted by Crippen LogP contribution is 2.08. The molecular formula is C18H31N3O3. The van der Waals surface area contributed by atoms with Gasteiger partial charge in [0.05, 0.1) is 19.7 Å². The van der Waals surface area contributed by atoms with Crippen molar-refractivity contribution >= 4 is 11.8 Å². The van der Waals surface area contributed by atoms with E-state index in [9.17, 15) is 9.59 Å². The van der Waals surface area contributed by atoms with E-state index in [0.29, 0.717) is 32.7 Å². The number of carbonyl (C=O) groups is 2. The molecule has 24 heavy (non-hydrogen) atoms. The van der Waals surface area contributed by atoms with E-state index in [0.717, 1.165) is 18.5 Å². The molecule has 0 aromatic carbocycles. The summed E-state index contributed by atoms with van der Waals surface area (Å²) < 4.78 is 7.07. The van der Waals surface area contributed by atoms with Crippen LogP contribution in [0.15, 0.2) is 18.3 Å². The third-order valence-corrected chi connectivity index (χ3v) is 4.09. The van der Waals surface area contributed by atoms with Gasteiger partial charge in [0, 0.05) is 45.6 Å². The third-order valence-electron chi connectivity index (χ3n) is 4.09. The second kappa shape index (κ2) is 10.9. The standard InChI is InChI=1S/C18H31N3O3/c1-5-7-11-20(14-16-9-8-10-19(16)3)18(23)15-21(12-13-24-4)17(22)6-2/h8-10H,5-7,11-15H2,1-4H3. The highest BCUT2D eigenvalue weighted by atomic mass is 16.5. The maximum Gasteiger partial charge on any atom is 0.242 e. The molecule has 0 bridgehead atoms. The summed E-state index contributed by atoms with van der Waals surface area (Å²) in [5.41, 5.74) is 1.09. The zero-order valence-electron chi connectivity index (χ0n) is 15.5. The van der Waals surface area contributed by atoms with Crippen LogP contribution >= 0.6 is 0 Å². The summed E-state index contributed by atoms with van der Waals surface area (Å²) in [4.78, 5) is 28.3. The Hall–Kier alpha value is -1.82. The smallest absolute Gasteiger partial charge is 0.242 e. The Morgan fingerprint density at radius 3 is 2.46 bits per heavy atom. The second-order valence-corrected chi connectivity index (χ2v) is 5.94. The summed E-state index contributed by atoms with van der Waals surface area (Å²) in [6.45, 7) is 6.19. The summed E-state index contributed by atoms with van der Waals surface area (Å²) in [6, 6.07) is 4.00. The normalized spacial score (nSPS) is 10.7. The first kappa shape index (κ1) is 20.2. The van der Waals surface area contributed by atoms with Crippen LogP contribution in [0, 0.1) is 0 Å². The highest BCUT2D eigenvalue weighted by molar-refractivity contribution is 5.84. The minimum Gasteiger partial charge on any atom is -0.383 e. The van der Waals surface area contributed by atoms with Crippen LogP contribution in [-0.2, 0) is 27.9 Å². The predicted octanol–water partition coefficient (Wildman–Crippen LogP) is 2.04. The van der Waals surface area contributed by atoms with E-state index < -0.39 is 0 Å². The van der Waals surface area contributed by atoms with Crippen molar-refractivity contribution in [2.24, 2.45) is 7.05 Å². The van der Waals surface area contributed by atoms with Gasteiger partial charge in [-0.3, -0.25) is 9.59 Å². The van der Waals surface area contributed by atoms with Gasteiger partial charge in [0.1, 0.15) is 0 Å². The Labute approximate surface area is 145 Å². The molecule has 1 rings (SSSR count). The molecule has 2 amide bonds. The number of unbranched alkanes of at least 4 members (excludes halogenated alkanes) is 1. The van der Waals surface area contributed by atoms with Gasteiger partial charge in [0.25, 0.3) is 0 Å². The molecule has 0 atom stereocenters. The summed E-state index contributed by atoms with van der Waals surface area (Å²) in [5.74, 6) is -0.0303. The Morgan fingerprint density at radius 1 is 1.17 bits per heavy atom. The summed E-state index contributed by atoms with van der Waals surface area (Å²) in [7, 11) is 3.57. The molecule has 0 radical (unpaired) electrons. The maximum absolute atomic E-state index is 12.8. The van der Waals surface area contributed by atoms with E-state index in [1.54, 1.807) is 12.0 Å². The van der Waals surface area contributed by atoms with Crippen LogP contribution in [0.2, 0.25) is 0 Å². The molecule has 1 aromatic rings. The van der Waals surface area contributed by atoms with Crippen molar-refractivity contribution in [3.8, 4) is 0 Å². The minimum absolute atomic E-state index is 0.0115. The summed E-state index contributed by atoms with van der Waals surface area (Å²) >= 11 is 0. The molecule has 1 aromatic heterocycles. The average Bonchev–Trinajstić information content (AvgIpc) is 2.99. The second-order valence-electron chi connectivity index (χ2n) is 5.94. The van der Waals surface area contributed by atoms with Gasteiger partial charge in [0.2, 0.25) is 11.8 Å². The van der Waals surface area contributed by atoms with Crippen molar-refractivity contribution in [2.45, 2.75) is 39.7 Å². The van der Waals surface area contributed by atoms with Crippen molar-refractivity contribution < 1.29 is 14.3 Å². The first-order chi connectivity index (χ1) is 11.5. The van der Waals surface area contributed by atoms with Gasteiger partial charge in [-0.2, -0.15) is 0 Å². The van der Waals surface area contributed by atoms with Crippen LogP contribution in [0.3, 0.4) is 0 Å². The molecule has 0 aliphatic carbocycles. The zero-order chi connectivity index (χ0) is 17.9. The largest absolute Gasteiger partial charge is 0.383 e. The van der Waals surface area contributed by atoms with Gasteiger partial charge in [0.15, 0.2) is 0 Å². The number of aromatic nitrogens is 1. The number of hydrogen-bond donors (Lipinski definition) is 0. The molecule has 0 unspecified atom stereocenters. The predicted molar refractivity (Wildman–Crippen MR) is 94.5 cm³/mol. The van der Waals surface area contributed by atoms with E-state index in [-0.39, 0.29) is 18.4 Å². The lowest BCUT2D eigenvalue weighted by Gasteiger charge is -2.27. The number of carbonyl (C=O) groups excluding carboxylic acids is 2. The lowest BCUT2D eigenvalue weighted by molar-refractivity contribution is -0.141. The number of aryl methyl sites for hydroxylation is 1. The van der Waals surface area contributed by atoms with Crippen molar-refractivity contribution in [2.75, 3.05) is 33.4 Å². The Balaban J connectivity index is 2.77. The van der Waals surface area contributed by atoms with E-state index in [1.807, 2.05) is 41.8 Å². The first-order valence-electron chi connectivity index (χ1n) is 8.68. The van der Waals surface area contributed by atoms with Gasteiger partial charge in [-0.15, -0.1) is 0 Å². The number of ether oxygens (including phenoxy) is 1. The molecule has 0 fully saturated rings. The number of amides is 2. The van der Waals surface area contributed by atoms with E-state index in [4.69, 9.17) is 4.74 Å². The summed E-state index contributed by atoms with van der Waals surface area (Å²) in [5, 5.41) is 0. The van der Waals surface area contributed by atoms with Crippen molar-refractivity contribution in [3.63, 3.8) is 0 Å². The fraction of sp³-hybridized carbons (Fsp3) is 0.667. The van der Waals surface area contributed by atoms with Gasteiger partial charge >= 0.3 is 0 Å². The Morgan fingerprint density at radius 2 is 1.92 bits per heavy atom. The fourth-order valence-corrected chi connectivity index (χ4v) is 2.48. The molecule has 1 heterocycles. The van der Waals surface area contributed by atoms with Gasteiger partial charge < -0.3 is 19.1 Å². The Bertz CT molecular complexity index is 513. The first-order valence-corrected chi connectivity index (χ1v) is 8.68. The molecule has 0 aliphatic heterocycles. The zero-order valence-corrected chi connectivity index (χ0v) is 15.5. The quantitative estimate of drug-likeness (QED) is 0.621. The number of rotatable bonds is 11. The Kier molecular flexibility index (Phi) is 9.15. The molecule has 0 aliphatic rings. The van der Waals surface area contributed by atoms with Crippen molar-refractivity contribution in [1.29, 1.82) is 0 Å². The van der Waals surface area contributed by atoms with Crippen molar-refractivity contribution in [1.82, 2.24) is 14.4 Å². The van der Waals surface area contributed by atoms with Crippen LogP contribution in [-0.4, -0.2) is 59.5 Å². The van der Waals surface area contributed by atoms with Crippen LogP contribution in [0.25, 0.3) is 0 Å². The van der Waals surface area contributed by atoms with Crippen molar-refractivity contribution in [3.05, 3.63) is 24.0 Å². The average molecular weight is 337 g/mol. The maximum atomic E-state index is 12.8. The fourth-order valence-electron chi connectivity index (χ4n) is 2.48. The molecule has 6 nitrogen and oxygen atoms in total. The topological polar surface area (TPSA) is 54.8 Å². The van der Waals surface area contributed by atoms with E-state index in [1.165, 1.54) is 0 Å². The number of nitrogens with zero attached hydrogens (tertiary/aromatic N) is 3. The van der Waals surface area contributed by atoms with E-state index in [2.05, 4.69) is 6.92 Å². The molecule has 0 spiro atoms. The molecule has 6 heteroatoms. The van der Waals surface area contributed by atoms with Crippen LogP contribution in [0.1, 0.15) is 38.8 Å². The van der Waals surface area contributed by atoms with Gasteiger partial charge in [-0.25, -0.2) is 0 Å². The highest BCUT2D eigenvalue weighted by Gasteiger charge is 2.20. The number of methoxy groups -OCH3 is 1. The van der Waals surface area contributed by atoms with E-state index >= 15 is 0 Å². The van der Waals surface area contributed by atoms with Crippen LogP contribution < -0.4 is 0 Å². The van der Waals surface area contributed by atoms with Crippen LogP contribution in [0.5, 0.6) is 0 Å². The SMILES string of the molecule is CCCCN(Cc1cccn1C)C(=O)CN(CCOC)C(=O)CC. The van der Waals surface area contributed by atoms with Crippen LogP contribution in [0.4, 0.5) is 0 Å². The minimum atomic E-state index is -0.0188. The lowest BCUT2D eigenvalue weighted by Crippen LogP contribution is -2.44. The van der Waals surface area contributed by atoms with Gasteiger partial charge in [-0.1, -0.05) is 20.3 Å². The number of hydrogen-bond acceptors (Lipinski definition) is 3. The monoisotopic (exact) mass is 337 g/mol. The molecule has 136 valence electrons. The molecule has 0 saturated carbocycles. The van der Waals surface area contributed by atoms with Gasteiger partial charge in [-0.05, 0) is 18.6 Å². The summed E-state index contributed by atoms with van der Waals surface area (Å²) in [6.07, 6.45) is 4.35. The molecule has 0 saturated heterocycles. The molecular weight excluding hydrogens is 306 g/mol. The third kappa shape index (κ3) is 6.35. The molecule has 0 N–H and O–H groups in total. The lowest BCUT2D eigenvalue weighted by atomic mass is 10.2.